The number of anilines is 1. The number of ketones is 1. The van der Waals surface area contributed by atoms with E-state index in [2.05, 4.69) is 12.2 Å². The number of carbonyl (C=O) groups is 1. The van der Waals surface area contributed by atoms with Crippen LogP contribution in [0.2, 0.25) is 0 Å². The van der Waals surface area contributed by atoms with Gasteiger partial charge in [0.05, 0.1) is 6.04 Å². The topological polar surface area (TPSA) is 29.1 Å². The molecular weight excluding hydrogens is 342 g/mol. The summed E-state index contributed by atoms with van der Waals surface area (Å²) in [7, 11) is 0. The Kier molecular flexibility index (Phi) is 12.0. The van der Waals surface area contributed by atoms with E-state index in [-0.39, 0.29) is 11.8 Å². The van der Waals surface area contributed by atoms with E-state index in [0.717, 1.165) is 24.1 Å². The number of fused-ring (bicyclic) bond motifs is 1. The standard InChI is InChI=1S/C26H43NO/c1-2-3-4-5-6-7-8-9-10-11-12-13-14-15-16-17-22-25-26(28)23-20-18-19-21-24(23)27-25/h18-21,25,27H,2-17,22H2,1H3. The third kappa shape index (κ3) is 8.80. The quantitative estimate of drug-likeness (QED) is 0.273. The summed E-state index contributed by atoms with van der Waals surface area (Å²) in [5.41, 5.74) is 1.90. The maximum Gasteiger partial charge on any atom is 0.187 e. The van der Waals surface area contributed by atoms with E-state index in [0.29, 0.717) is 0 Å². The highest BCUT2D eigenvalue weighted by Crippen LogP contribution is 2.27. The molecule has 0 aliphatic carbocycles. The minimum atomic E-state index is 0.0176. The number of Topliss-reactive ketones (excluding diaryl/α,β-unsaturated/α-hetero) is 1. The highest BCUT2D eigenvalue weighted by atomic mass is 16.1. The molecule has 0 fully saturated rings. The van der Waals surface area contributed by atoms with Gasteiger partial charge in [0.1, 0.15) is 0 Å². The van der Waals surface area contributed by atoms with Crippen molar-refractivity contribution >= 4 is 11.5 Å². The maximum atomic E-state index is 12.3. The summed E-state index contributed by atoms with van der Waals surface area (Å²) < 4.78 is 0. The molecule has 158 valence electrons. The van der Waals surface area contributed by atoms with Crippen molar-refractivity contribution in [2.24, 2.45) is 0 Å². The number of nitrogens with one attached hydrogen (secondary N) is 1. The molecule has 0 radical (unpaired) electrons. The lowest BCUT2D eigenvalue weighted by Crippen LogP contribution is -2.21. The number of hydrogen-bond acceptors (Lipinski definition) is 2. The molecule has 0 spiro atoms. The lowest BCUT2D eigenvalue weighted by molar-refractivity contribution is 0.0975. The Bertz CT molecular complexity index is 539. The van der Waals surface area contributed by atoms with Gasteiger partial charge in [-0.2, -0.15) is 0 Å². The molecule has 1 aromatic carbocycles. The van der Waals surface area contributed by atoms with E-state index in [4.69, 9.17) is 0 Å². The molecule has 0 aromatic heterocycles. The van der Waals surface area contributed by atoms with Crippen molar-refractivity contribution in [2.75, 3.05) is 5.32 Å². The molecule has 2 rings (SSSR count). The molecule has 28 heavy (non-hydrogen) atoms. The second-order valence-corrected chi connectivity index (χ2v) is 8.70. The number of unbranched alkanes of at least 4 members (excludes halogenated alkanes) is 15. The third-order valence-corrected chi connectivity index (χ3v) is 6.19. The molecule has 1 heterocycles. The zero-order valence-electron chi connectivity index (χ0n) is 18.3. The van der Waals surface area contributed by atoms with Gasteiger partial charge in [-0.3, -0.25) is 4.79 Å². The number of hydrogen-bond donors (Lipinski definition) is 1. The summed E-state index contributed by atoms with van der Waals surface area (Å²) in [6, 6.07) is 7.93. The van der Waals surface area contributed by atoms with Gasteiger partial charge >= 0.3 is 0 Å². The third-order valence-electron chi connectivity index (χ3n) is 6.19. The zero-order chi connectivity index (χ0) is 19.9. The lowest BCUT2D eigenvalue weighted by Gasteiger charge is -2.09. The normalized spacial score (nSPS) is 15.6. The fourth-order valence-corrected chi connectivity index (χ4v) is 4.36. The maximum absolute atomic E-state index is 12.3. The smallest absolute Gasteiger partial charge is 0.187 e. The first-order valence-corrected chi connectivity index (χ1v) is 12.2. The van der Waals surface area contributed by atoms with Crippen LogP contribution in [0.3, 0.4) is 0 Å². The molecule has 0 amide bonds. The first-order chi connectivity index (χ1) is 13.8. The second-order valence-electron chi connectivity index (χ2n) is 8.70. The van der Waals surface area contributed by atoms with Gasteiger partial charge in [0, 0.05) is 11.3 Å². The molecular formula is C26H43NO. The van der Waals surface area contributed by atoms with Crippen molar-refractivity contribution in [3.8, 4) is 0 Å². The van der Waals surface area contributed by atoms with Crippen LogP contribution in [0.1, 0.15) is 126 Å². The lowest BCUT2D eigenvalue weighted by atomic mass is 10.0. The first-order valence-electron chi connectivity index (χ1n) is 12.2. The van der Waals surface area contributed by atoms with Crippen LogP contribution < -0.4 is 5.32 Å². The van der Waals surface area contributed by atoms with Crippen molar-refractivity contribution in [3.63, 3.8) is 0 Å². The van der Waals surface area contributed by atoms with Crippen LogP contribution in [0, 0.1) is 0 Å². The van der Waals surface area contributed by atoms with Gasteiger partial charge in [0.25, 0.3) is 0 Å². The summed E-state index contributed by atoms with van der Waals surface area (Å²) in [6.07, 6.45) is 23.2. The molecule has 1 unspecified atom stereocenters. The Labute approximate surface area is 173 Å². The molecule has 0 saturated heterocycles. The van der Waals surface area contributed by atoms with Crippen molar-refractivity contribution in [1.82, 2.24) is 0 Å². The molecule has 0 bridgehead atoms. The number of carbonyl (C=O) groups excluding carboxylic acids is 1. The summed E-state index contributed by atoms with van der Waals surface area (Å²) in [6.45, 7) is 2.29. The van der Waals surface area contributed by atoms with Gasteiger partial charge in [-0.25, -0.2) is 0 Å². The van der Waals surface area contributed by atoms with E-state index < -0.39 is 0 Å². The van der Waals surface area contributed by atoms with Crippen molar-refractivity contribution in [2.45, 2.75) is 122 Å². The van der Waals surface area contributed by atoms with Crippen LogP contribution in [0.4, 0.5) is 5.69 Å². The Morgan fingerprint density at radius 3 is 1.64 bits per heavy atom. The van der Waals surface area contributed by atoms with Gasteiger partial charge < -0.3 is 5.32 Å². The van der Waals surface area contributed by atoms with Gasteiger partial charge in [0.15, 0.2) is 5.78 Å². The molecule has 2 nitrogen and oxygen atoms in total. The second kappa shape index (κ2) is 14.7. The van der Waals surface area contributed by atoms with Crippen LogP contribution in [0.5, 0.6) is 0 Å². The Balaban J connectivity index is 1.32. The molecule has 1 aliphatic heterocycles. The number of rotatable bonds is 17. The van der Waals surface area contributed by atoms with Gasteiger partial charge in [-0.15, -0.1) is 0 Å². The highest BCUT2D eigenvalue weighted by molar-refractivity contribution is 6.10. The Hall–Kier alpha value is -1.31. The molecule has 1 aliphatic rings. The van der Waals surface area contributed by atoms with Crippen LogP contribution in [0.25, 0.3) is 0 Å². The van der Waals surface area contributed by atoms with Crippen LogP contribution in [-0.2, 0) is 0 Å². The van der Waals surface area contributed by atoms with Gasteiger partial charge in [0.2, 0.25) is 0 Å². The largest absolute Gasteiger partial charge is 0.374 e. The molecule has 0 saturated carbocycles. The average molecular weight is 386 g/mol. The fourth-order valence-electron chi connectivity index (χ4n) is 4.36. The van der Waals surface area contributed by atoms with Crippen molar-refractivity contribution in [3.05, 3.63) is 29.8 Å². The van der Waals surface area contributed by atoms with E-state index >= 15 is 0 Å². The van der Waals surface area contributed by atoms with Crippen LogP contribution in [-0.4, -0.2) is 11.8 Å². The van der Waals surface area contributed by atoms with Crippen LogP contribution >= 0.6 is 0 Å². The predicted octanol–water partition coefficient (Wildman–Crippen LogP) is 8.32. The minimum Gasteiger partial charge on any atom is -0.374 e. The Morgan fingerprint density at radius 2 is 1.14 bits per heavy atom. The molecule has 1 atom stereocenters. The highest BCUT2D eigenvalue weighted by Gasteiger charge is 2.28. The Morgan fingerprint density at radius 1 is 0.679 bits per heavy atom. The SMILES string of the molecule is CCCCCCCCCCCCCCCCCCC1Nc2ccccc2C1=O. The van der Waals surface area contributed by atoms with E-state index in [1.807, 2.05) is 24.3 Å². The predicted molar refractivity (Wildman–Crippen MR) is 122 cm³/mol. The minimum absolute atomic E-state index is 0.0176. The zero-order valence-corrected chi connectivity index (χ0v) is 18.3. The first kappa shape index (κ1) is 23.0. The molecule has 1 N–H and O–H groups in total. The molecule has 2 heteroatoms. The van der Waals surface area contributed by atoms with Gasteiger partial charge in [-0.1, -0.05) is 122 Å². The number of benzene rings is 1. The van der Waals surface area contributed by atoms with Gasteiger partial charge in [-0.05, 0) is 18.6 Å². The molecule has 1 aromatic rings. The summed E-state index contributed by atoms with van der Waals surface area (Å²) in [5.74, 6) is 0.288. The van der Waals surface area contributed by atoms with E-state index in [1.165, 1.54) is 96.3 Å². The summed E-state index contributed by atoms with van der Waals surface area (Å²) in [4.78, 5) is 12.3. The van der Waals surface area contributed by atoms with Crippen molar-refractivity contribution < 1.29 is 4.79 Å². The number of para-hydroxylation sites is 1. The van der Waals surface area contributed by atoms with E-state index in [9.17, 15) is 4.79 Å². The van der Waals surface area contributed by atoms with Crippen LogP contribution in [0.15, 0.2) is 24.3 Å². The monoisotopic (exact) mass is 385 g/mol. The van der Waals surface area contributed by atoms with Crippen molar-refractivity contribution in [1.29, 1.82) is 0 Å². The summed E-state index contributed by atoms with van der Waals surface area (Å²) >= 11 is 0. The summed E-state index contributed by atoms with van der Waals surface area (Å²) in [5, 5.41) is 3.39. The average Bonchev–Trinajstić information content (AvgIpc) is 3.03. The van der Waals surface area contributed by atoms with E-state index in [1.54, 1.807) is 0 Å². The fraction of sp³-hybridized carbons (Fsp3) is 0.731.